The minimum atomic E-state index is -1.93. The summed E-state index contributed by atoms with van der Waals surface area (Å²) in [7, 11) is -1.93. The van der Waals surface area contributed by atoms with Crippen molar-refractivity contribution in [2.24, 2.45) is 0 Å². The fourth-order valence-electron chi connectivity index (χ4n) is 2.59. The third-order valence-corrected chi connectivity index (χ3v) is 9.32. The second kappa shape index (κ2) is 6.43. The summed E-state index contributed by atoms with van der Waals surface area (Å²) in [6.07, 6.45) is 1.53. The number of fused-ring (bicyclic) bond motifs is 1. The van der Waals surface area contributed by atoms with Crippen molar-refractivity contribution in [3.63, 3.8) is 0 Å². The molecule has 25 heavy (non-hydrogen) atoms. The van der Waals surface area contributed by atoms with E-state index in [-0.39, 0.29) is 17.2 Å². The van der Waals surface area contributed by atoms with Gasteiger partial charge in [0, 0.05) is 6.20 Å². The average Bonchev–Trinajstić information content (AvgIpc) is 2.73. The molecule has 0 saturated carbocycles. The fraction of sp³-hybridized carbons (Fsp3) is 0.778. The van der Waals surface area contributed by atoms with Gasteiger partial charge in [-0.1, -0.05) is 20.8 Å². The van der Waals surface area contributed by atoms with Gasteiger partial charge in [-0.2, -0.15) is 0 Å². The number of carbonyl (C=O) groups excluding carboxylic acids is 1. The zero-order valence-electron chi connectivity index (χ0n) is 17.1. The topological polar surface area (TPSA) is 56.6 Å². The molecule has 0 aliphatic carbocycles. The van der Waals surface area contributed by atoms with Crippen LogP contribution in [0.3, 0.4) is 0 Å². The Hall–Kier alpha value is -1.34. The normalized spacial score (nSPS) is 18.9. The molecule has 0 saturated heterocycles. The minimum absolute atomic E-state index is 0.0606. The van der Waals surface area contributed by atoms with Gasteiger partial charge in [0.1, 0.15) is 5.60 Å². The summed E-state index contributed by atoms with van der Waals surface area (Å²) in [4.78, 5) is 18.8. The van der Waals surface area contributed by atoms with E-state index in [0.29, 0.717) is 19.0 Å². The van der Waals surface area contributed by atoms with Crippen LogP contribution in [0.1, 0.15) is 47.2 Å². The SMILES string of the molecule is Cc1cn2c(n1)N(C(=O)OC(C)(C)C)CC(O[Si](C)(C)C(C)(C)C)C2. The molecule has 1 aliphatic heterocycles. The second-order valence-electron chi connectivity index (χ2n) is 9.43. The number of aryl methyl sites for hydroxylation is 1. The maximum absolute atomic E-state index is 12.7. The van der Waals surface area contributed by atoms with E-state index in [4.69, 9.17) is 9.16 Å². The van der Waals surface area contributed by atoms with Crippen molar-refractivity contribution in [3.05, 3.63) is 11.9 Å². The van der Waals surface area contributed by atoms with Crippen molar-refractivity contribution in [1.82, 2.24) is 9.55 Å². The first kappa shape index (κ1) is 20.0. The van der Waals surface area contributed by atoms with Crippen LogP contribution in [0.5, 0.6) is 0 Å². The van der Waals surface area contributed by atoms with Crippen LogP contribution in [0, 0.1) is 6.92 Å². The van der Waals surface area contributed by atoms with Gasteiger partial charge in [-0.3, -0.25) is 0 Å². The van der Waals surface area contributed by atoms with Crippen molar-refractivity contribution in [2.75, 3.05) is 11.4 Å². The average molecular weight is 368 g/mol. The maximum Gasteiger partial charge on any atom is 0.417 e. The van der Waals surface area contributed by atoms with Gasteiger partial charge in [-0.15, -0.1) is 0 Å². The molecule has 2 heterocycles. The molecule has 0 aromatic carbocycles. The standard InChI is InChI=1S/C18H33N3O3Si/c1-13-10-20-11-14(24-25(8,9)18(5,6)7)12-21(15(20)19-13)16(22)23-17(2,3)4/h10,14H,11-12H2,1-9H3. The molecule has 0 N–H and O–H groups in total. The molecule has 7 heteroatoms. The Morgan fingerprint density at radius 1 is 1.20 bits per heavy atom. The van der Waals surface area contributed by atoms with Crippen molar-refractivity contribution in [3.8, 4) is 0 Å². The zero-order valence-corrected chi connectivity index (χ0v) is 18.1. The number of aromatic nitrogens is 2. The molecule has 1 aromatic rings. The molecule has 142 valence electrons. The Bertz CT molecular complexity index is 641. The summed E-state index contributed by atoms with van der Waals surface area (Å²) in [5.74, 6) is 0.641. The number of amides is 1. The van der Waals surface area contributed by atoms with E-state index >= 15 is 0 Å². The molecule has 1 aromatic heterocycles. The highest BCUT2D eigenvalue weighted by atomic mass is 28.4. The molecular weight excluding hydrogens is 334 g/mol. The predicted molar refractivity (Wildman–Crippen MR) is 103 cm³/mol. The lowest BCUT2D eigenvalue weighted by Crippen LogP contribution is -2.52. The lowest BCUT2D eigenvalue weighted by atomic mass is 10.2. The van der Waals surface area contributed by atoms with Crippen molar-refractivity contribution in [1.29, 1.82) is 0 Å². The van der Waals surface area contributed by atoms with E-state index in [0.717, 1.165) is 5.69 Å². The Labute approximate surface area is 152 Å². The number of ether oxygens (including phenoxy) is 1. The van der Waals surface area contributed by atoms with Crippen molar-refractivity contribution in [2.45, 2.75) is 84.8 Å². The molecule has 1 atom stereocenters. The molecule has 0 radical (unpaired) electrons. The van der Waals surface area contributed by atoms with Crippen molar-refractivity contribution < 1.29 is 14.0 Å². The third-order valence-electron chi connectivity index (χ3n) is 4.79. The highest BCUT2D eigenvalue weighted by Crippen LogP contribution is 2.38. The number of rotatable bonds is 2. The van der Waals surface area contributed by atoms with E-state index in [1.807, 2.05) is 38.5 Å². The van der Waals surface area contributed by atoms with Crippen LogP contribution in [-0.2, 0) is 15.7 Å². The van der Waals surface area contributed by atoms with Gasteiger partial charge in [0.25, 0.3) is 0 Å². The third kappa shape index (κ3) is 4.64. The minimum Gasteiger partial charge on any atom is -0.443 e. The summed E-state index contributed by atoms with van der Waals surface area (Å²) in [5.41, 5.74) is 0.341. The predicted octanol–water partition coefficient (Wildman–Crippen LogP) is 4.34. The van der Waals surface area contributed by atoms with Gasteiger partial charge in [-0.05, 0) is 45.8 Å². The lowest BCUT2D eigenvalue weighted by molar-refractivity contribution is 0.0535. The summed E-state index contributed by atoms with van der Waals surface area (Å²) >= 11 is 0. The molecule has 1 amide bonds. The molecule has 6 nitrogen and oxygen atoms in total. The fourth-order valence-corrected chi connectivity index (χ4v) is 3.92. The first-order valence-corrected chi connectivity index (χ1v) is 11.8. The van der Waals surface area contributed by atoms with Crippen LogP contribution in [0.4, 0.5) is 10.7 Å². The van der Waals surface area contributed by atoms with Crippen LogP contribution < -0.4 is 4.90 Å². The lowest BCUT2D eigenvalue weighted by Gasteiger charge is -2.42. The first-order chi connectivity index (χ1) is 11.2. The molecular formula is C18H33N3O3Si. The maximum atomic E-state index is 12.7. The Morgan fingerprint density at radius 3 is 2.32 bits per heavy atom. The molecule has 2 rings (SSSR count). The van der Waals surface area contributed by atoms with Gasteiger partial charge in [0.2, 0.25) is 5.95 Å². The van der Waals surface area contributed by atoms with E-state index < -0.39 is 13.9 Å². The quantitative estimate of drug-likeness (QED) is 0.730. The summed E-state index contributed by atoms with van der Waals surface area (Å²) in [6.45, 7) is 19.9. The van der Waals surface area contributed by atoms with E-state index in [2.05, 4.69) is 38.8 Å². The summed E-state index contributed by atoms with van der Waals surface area (Å²) in [5, 5.41) is 0.120. The number of nitrogens with zero attached hydrogens (tertiary/aromatic N) is 3. The van der Waals surface area contributed by atoms with Gasteiger partial charge >= 0.3 is 6.09 Å². The van der Waals surface area contributed by atoms with Gasteiger partial charge in [-0.25, -0.2) is 14.7 Å². The number of imidazole rings is 1. The van der Waals surface area contributed by atoms with E-state index in [1.54, 1.807) is 4.90 Å². The highest BCUT2D eigenvalue weighted by Gasteiger charge is 2.42. The Balaban J connectivity index is 2.27. The van der Waals surface area contributed by atoms with Crippen molar-refractivity contribution >= 4 is 20.4 Å². The molecule has 1 aliphatic rings. The number of carbonyl (C=O) groups is 1. The van der Waals surface area contributed by atoms with Gasteiger partial charge < -0.3 is 13.7 Å². The monoisotopic (exact) mass is 367 g/mol. The molecule has 0 spiro atoms. The van der Waals surface area contributed by atoms with Crippen LogP contribution in [0.15, 0.2) is 6.20 Å². The molecule has 1 unspecified atom stereocenters. The second-order valence-corrected chi connectivity index (χ2v) is 14.2. The van der Waals surface area contributed by atoms with E-state index in [1.165, 1.54) is 0 Å². The molecule has 0 fully saturated rings. The van der Waals surface area contributed by atoms with Crippen LogP contribution >= 0.6 is 0 Å². The Kier molecular flexibility index (Phi) is 5.14. The largest absolute Gasteiger partial charge is 0.443 e. The van der Waals surface area contributed by atoms with Crippen LogP contribution in [0.2, 0.25) is 18.1 Å². The summed E-state index contributed by atoms with van der Waals surface area (Å²) in [6, 6.07) is 0. The van der Waals surface area contributed by atoms with Crippen LogP contribution in [0.25, 0.3) is 0 Å². The summed E-state index contributed by atoms with van der Waals surface area (Å²) < 4.78 is 14.1. The smallest absolute Gasteiger partial charge is 0.417 e. The first-order valence-electron chi connectivity index (χ1n) is 8.92. The highest BCUT2D eigenvalue weighted by molar-refractivity contribution is 6.74. The zero-order chi connectivity index (χ0) is 19.2. The number of anilines is 1. The molecule has 0 bridgehead atoms. The van der Waals surface area contributed by atoms with E-state index in [9.17, 15) is 4.79 Å². The van der Waals surface area contributed by atoms with Crippen LogP contribution in [-0.4, -0.2) is 42.2 Å². The number of hydrogen-bond acceptors (Lipinski definition) is 4. The van der Waals surface area contributed by atoms with Gasteiger partial charge in [0.05, 0.1) is 24.9 Å². The van der Waals surface area contributed by atoms with Gasteiger partial charge in [0.15, 0.2) is 8.32 Å². The number of hydrogen-bond donors (Lipinski definition) is 0. The Morgan fingerprint density at radius 2 is 1.80 bits per heavy atom.